The highest BCUT2D eigenvalue weighted by molar-refractivity contribution is 8.01. The summed E-state index contributed by atoms with van der Waals surface area (Å²) >= 11 is 2.46. The second-order valence-electron chi connectivity index (χ2n) is 6.64. The van der Waals surface area contributed by atoms with Gasteiger partial charge in [-0.3, -0.25) is 14.9 Å². The van der Waals surface area contributed by atoms with Crippen molar-refractivity contribution in [1.29, 1.82) is 0 Å². The van der Waals surface area contributed by atoms with Gasteiger partial charge in [0.05, 0.1) is 15.9 Å². The maximum Gasteiger partial charge on any atom is 0.573 e. The molecular weight excluding hydrogens is 483 g/mol. The number of ether oxygens (including phenoxy) is 1. The van der Waals surface area contributed by atoms with Gasteiger partial charge in [0.2, 0.25) is 0 Å². The van der Waals surface area contributed by atoms with Gasteiger partial charge in [-0.05, 0) is 36.8 Å². The molecule has 0 spiro atoms. The minimum atomic E-state index is -4.83. The van der Waals surface area contributed by atoms with E-state index in [1.165, 1.54) is 35.6 Å². The molecule has 8 nitrogen and oxygen atoms in total. The number of halogens is 3. The molecule has 0 aliphatic carbocycles. The summed E-state index contributed by atoms with van der Waals surface area (Å²) in [6.07, 6.45) is -6.05. The van der Waals surface area contributed by atoms with E-state index in [9.17, 15) is 33.2 Å². The zero-order valence-electron chi connectivity index (χ0n) is 16.8. The van der Waals surface area contributed by atoms with Crippen LogP contribution in [0.25, 0.3) is 0 Å². The highest BCUT2D eigenvalue weighted by atomic mass is 32.2. The Morgan fingerprint density at radius 2 is 2.00 bits per heavy atom. The number of nitro groups is 1. The average molecular weight is 499 g/mol. The predicted molar refractivity (Wildman–Crippen MR) is 114 cm³/mol. The van der Waals surface area contributed by atoms with E-state index in [1.807, 2.05) is 12.3 Å². The lowest BCUT2D eigenvalue weighted by molar-refractivity contribution is -0.387. The van der Waals surface area contributed by atoms with E-state index in [4.69, 9.17) is 0 Å². The summed E-state index contributed by atoms with van der Waals surface area (Å²) in [5.41, 5.74) is 0.798. The molecule has 1 heterocycles. The van der Waals surface area contributed by atoms with Crippen molar-refractivity contribution in [2.75, 3.05) is 6.54 Å². The fourth-order valence-corrected chi connectivity index (χ4v) is 4.54. The van der Waals surface area contributed by atoms with Crippen LogP contribution < -0.4 is 10.1 Å². The highest BCUT2D eigenvalue weighted by Crippen LogP contribution is 2.36. The molecule has 1 amide bonds. The molecule has 1 aromatic heterocycles. The number of amides is 1. The standard InChI is InChI=1S/C20H16F3N3O5S2/c1-11-10-32-19(25-11)33-17-7-4-13(8-15(17)26(29)30)18(28)24-9-16(27)12-2-5-14(6-3-12)31-20(21,22)23/h2-8,10,16,27H,9H2,1H3,(H,24,28). The maximum atomic E-state index is 12.4. The first-order valence-corrected chi connectivity index (χ1v) is 10.9. The van der Waals surface area contributed by atoms with Crippen molar-refractivity contribution < 1.29 is 32.7 Å². The highest BCUT2D eigenvalue weighted by Gasteiger charge is 2.31. The molecule has 0 bridgehead atoms. The Kier molecular flexibility index (Phi) is 7.56. The number of alkyl halides is 3. The monoisotopic (exact) mass is 499 g/mol. The van der Waals surface area contributed by atoms with Crippen molar-refractivity contribution in [2.24, 2.45) is 0 Å². The lowest BCUT2D eigenvalue weighted by Gasteiger charge is -2.14. The number of nitrogens with one attached hydrogen (secondary N) is 1. The van der Waals surface area contributed by atoms with Crippen molar-refractivity contribution in [2.45, 2.75) is 28.6 Å². The maximum absolute atomic E-state index is 12.4. The Hall–Kier alpha value is -3.16. The van der Waals surface area contributed by atoms with Crippen LogP contribution in [0.2, 0.25) is 0 Å². The van der Waals surface area contributed by atoms with E-state index in [0.717, 1.165) is 35.7 Å². The lowest BCUT2D eigenvalue weighted by atomic mass is 10.1. The molecule has 2 aromatic carbocycles. The van der Waals surface area contributed by atoms with Gasteiger partial charge in [0.25, 0.3) is 11.6 Å². The number of nitro benzene ring substituents is 1. The number of aromatic nitrogens is 1. The number of hydrogen-bond donors (Lipinski definition) is 2. The Morgan fingerprint density at radius 3 is 2.58 bits per heavy atom. The van der Waals surface area contributed by atoms with Crippen molar-refractivity contribution in [1.82, 2.24) is 10.3 Å². The third kappa shape index (κ3) is 6.91. The Bertz CT molecular complexity index is 1150. The Morgan fingerprint density at radius 1 is 1.30 bits per heavy atom. The Balaban J connectivity index is 1.64. The molecule has 1 atom stereocenters. The molecule has 3 aromatic rings. The van der Waals surface area contributed by atoms with Crippen LogP contribution in [0, 0.1) is 17.0 Å². The van der Waals surface area contributed by atoms with Crippen LogP contribution in [0.15, 0.2) is 57.1 Å². The number of aryl methyl sites for hydroxylation is 1. The predicted octanol–water partition coefficient (Wildman–Crippen LogP) is 4.87. The van der Waals surface area contributed by atoms with Gasteiger partial charge in [0, 0.05) is 29.2 Å². The number of aliphatic hydroxyl groups is 1. The molecule has 13 heteroatoms. The molecule has 174 valence electrons. The zero-order chi connectivity index (χ0) is 24.2. The van der Waals surface area contributed by atoms with Crippen molar-refractivity contribution >= 4 is 34.7 Å². The van der Waals surface area contributed by atoms with Gasteiger partial charge in [0.15, 0.2) is 4.34 Å². The number of thiazole rings is 1. The van der Waals surface area contributed by atoms with Crippen LogP contribution in [-0.4, -0.2) is 33.8 Å². The molecule has 0 radical (unpaired) electrons. The van der Waals surface area contributed by atoms with Gasteiger partial charge in [-0.25, -0.2) is 4.98 Å². The first-order valence-electron chi connectivity index (χ1n) is 9.22. The summed E-state index contributed by atoms with van der Waals surface area (Å²) in [7, 11) is 0. The number of carbonyl (C=O) groups is 1. The van der Waals surface area contributed by atoms with Crippen LogP contribution in [0.1, 0.15) is 27.7 Å². The van der Waals surface area contributed by atoms with Crippen molar-refractivity contribution in [3.8, 4) is 5.75 Å². The van der Waals surface area contributed by atoms with E-state index in [-0.39, 0.29) is 23.4 Å². The number of hydrogen-bond acceptors (Lipinski definition) is 8. The summed E-state index contributed by atoms with van der Waals surface area (Å²) < 4.78 is 41.0. The van der Waals surface area contributed by atoms with E-state index in [1.54, 1.807) is 0 Å². The quantitative estimate of drug-likeness (QED) is 0.336. The molecule has 2 N–H and O–H groups in total. The second kappa shape index (κ2) is 10.2. The zero-order valence-corrected chi connectivity index (χ0v) is 18.5. The minimum Gasteiger partial charge on any atom is -0.406 e. The van der Waals surface area contributed by atoms with Crippen LogP contribution in [0.3, 0.4) is 0 Å². The van der Waals surface area contributed by atoms with E-state index in [2.05, 4.69) is 15.0 Å². The lowest BCUT2D eigenvalue weighted by Crippen LogP contribution is -2.28. The molecule has 0 saturated heterocycles. The summed E-state index contributed by atoms with van der Waals surface area (Å²) in [5, 5.41) is 25.9. The number of aliphatic hydroxyl groups excluding tert-OH is 1. The van der Waals surface area contributed by atoms with Crippen molar-refractivity contribution in [3.63, 3.8) is 0 Å². The fourth-order valence-electron chi connectivity index (χ4n) is 2.66. The van der Waals surface area contributed by atoms with Gasteiger partial charge in [-0.2, -0.15) is 0 Å². The molecule has 3 rings (SSSR count). The Labute approximate surface area is 193 Å². The van der Waals surface area contributed by atoms with Crippen LogP contribution >= 0.6 is 23.1 Å². The molecule has 0 aliphatic heterocycles. The van der Waals surface area contributed by atoms with Gasteiger partial charge >= 0.3 is 6.36 Å². The first kappa shape index (κ1) is 24.5. The average Bonchev–Trinajstić information content (AvgIpc) is 3.15. The first-order chi connectivity index (χ1) is 15.5. The molecular formula is C20H16F3N3O5S2. The third-order valence-electron chi connectivity index (χ3n) is 4.17. The molecule has 1 unspecified atom stereocenters. The van der Waals surface area contributed by atoms with Gasteiger partial charge in [0.1, 0.15) is 5.75 Å². The van der Waals surface area contributed by atoms with Gasteiger partial charge in [-0.1, -0.05) is 23.9 Å². The van der Waals surface area contributed by atoms with Crippen LogP contribution in [-0.2, 0) is 0 Å². The summed E-state index contributed by atoms with van der Waals surface area (Å²) in [4.78, 5) is 27.9. The minimum absolute atomic E-state index is 0.0162. The normalized spacial score (nSPS) is 12.3. The molecule has 0 aliphatic rings. The summed E-state index contributed by atoms with van der Waals surface area (Å²) in [5.74, 6) is -1.10. The van der Waals surface area contributed by atoms with E-state index in [0.29, 0.717) is 9.24 Å². The largest absolute Gasteiger partial charge is 0.573 e. The van der Waals surface area contributed by atoms with Gasteiger partial charge < -0.3 is 15.2 Å². The van der Waals surface area contributed by atoms with E-state index < -0.39 is 29.0 Å². The van der Waals surface area contributed by atoms with Gasteiger partial charge in [-0.15, -0.1) is 24.5 Å². The van der Waals surface area contributed by atoms with E-state index >= 15 is 0 Å². The second-order valence-corrected chi connectivity index (χ2v) is 8.79. The topological polar surface area (TPSA) is 115 Å². The molecule has 0 saturated carbocycles. The number of nitrogens with zero attached hydrogens (tertiary/aromatic N) is 2. The summed E-state index contributed by atoms with van der Waals surface area (Å²) in [6.45, 7) is 1.54. The van der Waals surface area contributed by atoms with Crippen molar-refractivity contribution in [3.05, 3.63) is 74.8 Å². The number of benzene rings is 2. The smallest absolute Gasteiger partial charge is 0.406 e. The fraction of sp³-hybridized carbons (Fsp3) is 0.200. The molecule has 0 fully saturated rings. The summed E-state index contributed by atoms with van der Waals surface area (Å²) in [6, 6.07) is 8.54. The number of carbonyl (C=O) groups excluding carboxylic acids is 1. The molecule has 33 heavy (non-hydrogen) atoms. The SMILES string of the molecule is Cc1csc(Sc2ccc(C(=O)NCC(O)c3ccc(OC(F)(F)F)cc3)cc2[N+](=O)[O-])n1. The third-order valence-corrected chi connectivity index (χ3v) is 6.29. The van der Waals surface area contributed by atoms with Crippen LogP contribution in [0.4, 0.5) is 18.9 Å². The van der Waals surface area contributed by atoms with Crippen LogP contribution in [0.5, 0.6) is 5.75 Å². The number of rotatable bonds is 8.